The normalized spacial score (nSPS) is 16.9. The molecule has 1 fully saturated rings. The standard InChI is InChI=1S/C12H17N3O2/c1-10(16)17-15-8-6-14(7-9-15)12-4-2-11(13)3-5-12/h2-5H,6-9,13H2,1H3. The van der Waals surface area contributed by atoms with E-state index in [9.17, 15) is 4.79 Å². The van der Waals surface area contributed by atoms with E-state index in [1.807, 2.05) is 24.3 Å². The molecule has 5 nitrogen and oxygen atoms in total. The SMILES string of the molecule is CC(=O)ON1CCN(c2ccc(N)cc2)CC1. The van der Waals surface area contributed by atoms with Gasteiger partial charge in [0.05, 0.1) is 13.1 Å². The smallest absolute Gasteiger partial charge is 0.322 e. The fourth-order valence-corrected chi connectivity index (χ4v) is 1.90. The summed E-state index contributed by atoms with van der Waals surface area (Å²) in [4.78, 5) is 18.1. The molecule has 0 aromatic heterocycles. The Labute approximate surface area is 101 Å². The van der Waals surface area contributed by atoms with E-state index in [1.165, 1.54) is 6.92 Å². The number of rotatable bonds is 2. The Bertz CT molecular complexity index is 383. The third kappa shape index (κ3) is 3.10. The van der Waals surface area contributed by atoms with Crippen LogP contribution in [-0.2, 0) is 9.63 Å². The number of nitrogen functional groups attached to an aromatic ring is 1. The van der Waals surface area contributed by atoms with Gasteiger partial charge in [-0.3, -0.25) is 4.79 Å². The molecule has 1 aliphatic rings. The van der Waals surface area contributed by atoms with E-state index < -0.39 is 0 Å². The van der Waals surface area contributed by atoms with Gasteiger partial charge in [-0.1, -0.05) is 0 Å². The van der Waals surface area contributed by atoms with E-state index in [2.05, 4.69) is 4.90 Å². The van der Waals surface area contributed by atoms with E-state index in [-0.39, 0.29) is 5.97 Å². The zero-order chi connectivity index (χ0) is 12.3. The van der Waals surface area contributed by atoms with E-state index in [4.69, 9.17) is 10.6 Å². The van der Waals surface area contributed by atoms with Crippen LogP contribution < -0.4 is 10.6 Å². The van der Waals surface area contributed by atoms with Crippen molar-refractivity contribution in [3.63, 3.8) is 0 Å². The second-order valence-electron chi connectivity index (χ2n) is 4.09. The number of hydrogen-bond donors (Lipinski definition) is 1. The molecule has 1 aromatic rings. The van der Waals surface area contributed by atoms with Crippen molar-refractivity contribution in [2.45, 2.75) is 6.92 Å². The second-order valence-corrected chi connectivity index (χ2v) is 4.09. The number of carbonyl (C=O) groups is 1. The number of benzene rings is 1. The van der Waals surface area contributed by atoms with Crippen LogP contribution in [0.3, 0.4) is 0 Å². The molecule has 0 unspecified atom stereocenters. The summed E-state index contributed by atoms with van der Waals surface area (Å²) in [5.74, 6) is -0.258. The molecular weight excluding hydrogens is 218 g/mol. The van der Waals surface area contributed by atoms with Gasteiger partial charge in [-0.2, -0.15) is 0 Å². The lowest BCUT2D eigenvalue weighted by atomic mass is 10.2. The highest BCUT2D eigenvalue weighted by Crippen LogP contribution is 2.18. The molecule has 1 aliphatic heterocycles. The molecule has 0 aliphatic carbocycles. The highest BCUT2D eigenvalue weighted by Gasteiger charge is 2.18. The van der Waals surface area contributed by atoms with Gasteiger partial charge in [0.2, 0.25) is 0 Å². The van der Waals surface area contributed by atoms with Gasteiger partial charge in [0, 0.05) is 31.4 Å². The van der Waals surface area contributed by atoms with Crippen molar-refractivity contribution in [3.8, 4) is 0 Å². The third-order valence-corrected chi connectivity index (χ3v) is 2.75. The van der Waals surface area contributed by atoms with Crippen LogP contribution in [-0.4, -0.2) is 37.2 Å². The van der Waals surface area contributed by atoms with Gasteiger partial charge in [0.25, 0.3) is 0 Å². The Balaban J connectivity index is 1.90. The van der Waals surface area contributed by atoms with Gasteiger partial charge in [-0.05, 0) is 24.3 Å². The van der Waals surface area contributed by atoms with E-state index in [1.54, 1.807) is 5.06 Å². The molecule has 5 heteroatoms. The minimum absolute atomic E-state index is 0.258. The van der Waals surface area contributed by atoms with Gasteiger partial charge in [-0.25, -0.2) is 0 Å². The van der Waals surface area contributed by atoms with E-state index in [0.717, 1.165) is 37.6 Å². The molecule has 0 spiro atoms. The Morgan fingerprint density at radius 1 is 1.18 bits per heavy atom. The molecule has 0 radical (unpaired) electrons. The van der Waals surface area contributed by atoms with Crippen LogP contribution in [0.25, 0.3) is 0 Å². The zero-order valence-corrected chi connectivity index (χ0v) is 9.93. The van der Waals surface area contributed by atoms with Crippen LogP contribution >= 0.6 is 0 Å². The second kappa shape index (κ2) is 5.05. The van der Waals surface area contributed by atoms with Crippen molar-refractivity contribution in [2.75, 3.05) is 36.8 Å². The van der Waals surface area contributed by atoms with Crippen molar-refractivity contribution in [1.29, 1.82) is 0 Å². The highest BCUT2D eigenvalue weighted by molar-refractivity contribution is 5.65. The topological polar surface area (TPSA) is 58.8 Å². The van der Waals surface area contributed by atoms with Crippen molar-refractivity contribution in [3.05, 3.63) is 24.3 Å². The van der Waals surface area contributed by atoms with Gasteiger partial charge in [0.1, 0.15) is 0 Å². The number of hydrogen-bond acceptors (Lipinski definition) is 5. The number of nitrogens with zero attached hydrogens (tertiary/aromatic N) is 2. The fraction of sp³-hybridized carbons (Fsp3) is 0.417. The first-order chi connectivity index (χ1) is 8.15. The Morgan fingerprint density at radius 2 is 1.76 bits per heavy atom. The van der Waals surface area contributed by atoms with Gasteiger partial charge < -0.3 is 15.5 Å². The summed E-state index contributed by atoms with van der Waals surface area (Å²) >= 11 is 0. The van der Waals surface area contributed by atoms with Crippen LogP contribution in [0.4, 0.5) is 11.4 Å². The summed E-state index contributed by atoms with van der Waals surface area (Å²) in [6, 6.07) is 7.81. The van der Waals surface area contributed by atoms with Crippen LogP contribution in [0.15, 0.2) is 24.3 Å². The summed E-state index contributed by atoms with van der Waals surface area (Å²) in [5.41, 5.74) is 7.57. The number of anilines is 2. The maximum Gasteiger partial charge on any atom is 0.322 e. The van der Waals surface area contributed by atoms with E-state index >= 15 is 0 Å². The number of piperazine rings is 1. The maximum absolute atomic E-state index is 10.8. The number of nitrogens with two attached hydrogens (primary N) is 1. The molecule has 0 bridgehead atoms. The van der Waals surface area contributed by atoms with E-state index in [0.29, 0.717) is 0 Å². The monoisotopic (exact) mass is 235 g/mol. The van der Waals surface area contributed by atoms with Gasteiger partial charge in [-0.15, -0.1) is 5.06 Å². The molecule has 0 amide bonds. The first-order valence-corrected chi connectivity index (χ1v) is 5.69. The molecule has 92 valence electrons. The largest absolute Gasteiger partial charge is 0.399 e. The lowest BCUT2D eigenvalue weighted by Gasteiger charge is -2.34. The minimum atomic E-state index is -0.258. The Hall–Kier alpha value is -1.75. The van der Waals surface area contributed by atoms with Crippen LogP contribution in [0.2, 0.25) is 0 Å². The minimum Gasteiger partial charge on any atom is -0.399 e. The zero-order valence-electron chi connectivity index (χ0n) is 9.93. The quantitative estimate of drug-likeness (QED) is 0.771. The predicted molar refractivity (Wildman–Crippen MR) is 66.4 cm³/mol. The molecular formula is C12H17N3O2. The Morgan fingerprint density at radius 3 is 2.29 bits per heavy atom. The van der Waals surface area contributed by atoms with Crippen molar-refractivity contribution >= 4 is 17.3 Å². The summed E-state index contributed by atoms with van der Waals surface area (Å²) in [5, 5.41) is 1.70. The van der Waals surface area contributed by atoms with Crippen molar-refractivity contribution in [1.82, 2.24) is 5.06 Å². The number of hydroxylamine groups is 2. The van der Waals surface area contributed by atoms with Crippen molar-refractivity contribution in [2.24, 2.45) is 0 Å². The number of carbonyl (C=O) groups excluding carboxylic acids is 1. The highest BCUT2D eigenvalue weighted by atomic mass is 16.7. The Kier molecular flexibility index (Phi) is 3.49. The molecule has 0 atom stereocenters. The summed E-state index contributed by atoms with van der Waals surface area (Å²) in [6.45, 7) is 4.56. The molecule has 2 N–H and O–H groups in total. The van der Waals surface area contributed by atoms with Crippen molar-refractivity contribution < 1.29 is 9.63 Å². The lowest BCUT2D eigenvalue weighted by molar-refractivity contribution is -0.188. The summed E-state index contributed by atoms with van der Waals surface area (Å²) in [7, 11) is 0. The summed E-state index contributed by atoms with van der Waals surface area (Å²) < 4.78 is 0. The molecule has 1 saturated heterocycles. The molecule has 17 heavy (non-hydrogen) atoms. The van der Waals surface area contributed by atoms with Crippen LogP contribution in [0.5, 0.6) is 0 Å². The summed E-state index contributed by atoms with van der Waals surface area (Å²) in [6.07, 6.45) is 0. The molecule has 2 rings (SSSR count). The molecule has 1 aromatic carbocycles. The average Bonchev–Trinajstić information content (AvgIpc) is 2.30. The third-order valence-electron chi connectivity index (χ3n) is 2.75. The average molecular weight is 235 g/mol. The molecule has 0 saturated carbocycles. The van der Waals surface area contributed by atoms with Crippen LogP contribution in [0.1, 0.15) is 6.92 Å². The lowest BCUT2D eigenvalue weighted by Crippen LogP contribution is -2.46. The van der Waals surface area contributed by atoms with Gasteiger partial charge >= 0.3 is 5.97 Å². The fourth-order valence-electron chi connectivity index (χ4n) is 1.90. The molecule has 1 heterocycles. The first kappa shape index (κ1) is 11.7. The van der Waals surface area contributed by atoms with Gasteiger partial charge in [0.15, 0.2) is 0 Å². The van der Waals surface area contributed by atoms with Crippen LogP contribution in [0, 0.1) is 0 Å². The predicted octanol–water partition coefficient (Wildman–Crippen LogP) is 0.869. The first-order valence-electron chi connectivity index (χ1n) is 5.69. The maximum atomic E-state index is 10.8.